The standard InChI is InChI=1S/C13H18N4O2/c1-16(2)3-4-17-10-6-12-11(18-8-19-12)5-9(10)15-13(17)7-14/h5-6H,3-4,7-8,14H2,1-2H3. The molecule has 1 aromatic heterocycles. The third-order valence-corrected chi connectivity index (χ3v) is 3.28. The molecule has 19 heavy (non-hydrogen) atoms. The fourth-order valence-electron chi connectivity index (χ4n) is 2.27. The number of likely N-dealkylation sites (N-methyl/N-ethyl adjacent to an activating group) is 1. The summed E-state index contributed by atoms with van der Waals surface area (Å²) in [5, 5.41) is 0. The van der Waals surface area contributed by atoms with Crippen molar-refractivity contribution in [1.82, 2.24) is 14.5 Å². The van der Waals surface area contributed by atoms with E-state index in [1.54, 1.807) is 0 Å². The fraction of sp³-hybridized carbons (Fsp3) is 0.462. The topological polar surface area (TPSA) is 65.5 Å². The minimum Gasteiger partial charge on any atom is -0.454 e. The van der Waals surface area contributed by atoms with E-state index in [1.165, 1.54) is 0 Å². The predicted octanol–water partition coefficient (Wildman–Crippen LogP) is 0.785. The van der Waals surface area contributed by atoms with E-state index in [9.17, 15) is 0 Å². The highest BCUT2D eigenvalue weighted by Gasteiger charge is 2.18. The van der Waals surface area contributed by atoms with E-state index in [0.29, 0.717) is 6.54 Å². The van der Waals surface area contributed by atoms with E-state index in [1.807, 2.05) is 12.1 Å². The first kappa shape index (κ1) is 12.3. The van der Waals surface area contributed by atoms with Crippen LogP contribution in [0.4, 0.5) is 0 Å². The van der Waals surface area contributed by atoms with Gasteiger partial charge in [-0.25, -0.2) is 4.98 Å². The van der Waals surface area contributed by atoms with E-state index in [4.69, 9.17) is 15.2 Å². The van der Waals surface area contributed by atoms with E-state index in [0.717, 1.165) is 41.4 Å². The van der Waals surface area contributed by atoms with Crippen LogP contribution in [0.25, 0.3) is 11.0 Å². The van der Waals surface area contributed by atoms with Crippen LogP contribution in [0.1, 0.15) is 5.82 Å². The molecule has 2 heterocycles. The normalized spacial score (nSPS) is 13.7. The van der Waals surface area contributed by atoms with E-state index < -0.39 is 0 Å². The Labute approximate surface area is 111 Å². The molecule has 1 aliphatic heterocycles. The monoisotopic (exact) mass is 262 g/mol. The molecule has 0 fully saturated rings. The van der Waals surface area contributed by atoms with Crippen LogP contribution in [0.2, 0.25) is 0 Å². The summed E-state index contributed by atoms with van der Waals surface area (Å²) in [6.45, 7) is 2.50. The number of hydrogen-bond acceptors (Lipinski definition) is 5. The highest BCUT2D eigenvalue weighted by molar-refractivity contribution is 5.81. The quantitative estimate of drug-likeness (QED) is 0.882. The molecule has 2 aromatic rings. The molecule has 102 valence electrons. The van der Waals surface area contributed by atoms with E-state index in [-0.39, 0.29) is 6.79 Å². The average molecular weight is 262 g/mol. The zero-order valence-corrected chi connectivity index (χ0v) is 11.2. The van der Waals surface area contributed by atoms with Gasteiger partial charge in [-0.1, -0.05) is 0 Å². The van der Waals surface area contributed by atoms with Crippen LogP contribution >= 0.6 is 0 Å². The molecule has 0 radical (unpaired) electrons. The lowest BCUT2D eigenvalue weighted by molar-refractivity contribution is 0.174. The number of fused-ring (bicyclic) bond motifs is 2. The molecule has 3 rings (SSSR count). The van der Waals surface area contributed by atoms with Crippen LogP contribution in [-0.2, 0) is 13.1 Å². The highest BCUT2D eigenvalue weighted by atomic mass is 16.7. The molecule has 0 saturated carbocycles. The van der Waals surface area contributed by atoms with Gasteiger partial charge < -0.3 is 24.7 Å². The number of hydrogen-bond donors (Lipinski definition) is 1. The zero-order valence-electron chi connectivity index (χ0n) is 11.2. The van der Waals surface area contributed by atoms with Gasteiger partial charge in [-0.15, -0.1) is 0 Å². The van der Waals surface area contributed by atoms with Gasteiger partial charge in [-0.3, -0.25) is 0 Å². The van der Waals surface area contributed by atoms with Crippen LogP contribution in [0, 0.1) is 0 Å². The van der Waals surface area contributed by atoms with Crippen molar-refractivity contribution in [2.45, 2.75) is 13.1 Å². The molecule has 0 bridgehead atoms. The zero-order chi connectivity index (χ0) is 13.4. The molecule has 6 nitrogen and oxygen atoms in total. The number of nitrogens with two attached hydrogens (primary N) is 1. The summed E-state index contributed by atoms with van der Waals surface area (Å²) in [6, 6.07) is 3.91. The molecule has 1 aliphatic rings. The number of benzene rings is 1. The van der Waals surface area contributed by atoms with Gasteiger partial charge in [0, 0.05) is 25.2 Å². The molecule has 0 amide bonds. The van der Waals surface area contributed by atoms with Crippen molar-refractivity contribution in [2.24, 2.45) is 5.73 Å². The van der Waals surface area contributed by atoms with Crippen molar-refractivity contribution in [3.63, 3.8) is 0 Å². The SMILES string of the molecule is CN(C)CCn1c(CN)nc2cc3c(cc21)OCO3. The third kappa shape index (κ3) is 2.13. The van der Waals surface area contributed by atoms with Crippen molar-refractivity contribution >= 4 is 11.0 Å². The number of aromatic nitrogens is 2. The maximum absolute atomic E-state index is 5.78. The summed E-state index contributed by atoms with van der Waals surface area (Å²) >= 11 is 0. The lowest BCUT2D eigenvalue weighted by atomic mass is 10.2. The van der Waals surface area contributed by atoms with E-state index in [2.05, 4.69) is 28.5 Å². The van der Waals surface area contributed by atoms with Crippen LogP contribution in [0.3, 0.4) is 0 Å². The molecule has 0 unspecified atom stereocenters. The van der Waals surface area contributed by atoms with Gasteiger partial charge in [0.1, 0.15) is 5.82 Å². The largest absolute Gasteiger partial charge is 0.454 e. The maximum Gasteiger partial charge on any atom is 0.231 e. The summed E-state index contributed by atoms with van der Waals surface area (Å²) in [6.07, 6.45) is 0. The van der Waals surface area contributed by atoms with Crippen molar-refractivity contribution < 1.29 is 9.47 Å². The Hall–Kier alpha value is -1.79. The maximum atomic E-state index is 5.78. The Morgan fingerprint density at radius 1 is 1.32 bits per heavy atom. The lowest BCUT2D eigenvalue weighted by Gasteiger charge is -2.12. The Balaban J connectivity index is 2.07. The van der Waals surface area contributed by atoms with Crippen LogP contribution in [0.15, 0.2) is 12.1 Å². The first-order chi connectivity index (χ1) is 9.19. The second-order valence-corrected chi connectivity index (χ2v) is 4.88. The summed E-state index contributed by atoms with van der Waals surface area (Å²) in [4.78, 5) is 6.71. The summed E-state index contributed by atoms with van der Waals surface area (Å²) in [5.41, 5.74) is 7.74. The van der Waals surface area contributed by atoms with Crippen molar-refractivity contribution in [1.29, 1.82) is 0 Å². The Morgan fingerprint density at radius 2 is 2.05 bits per heavy atom. The van der Waals surface area contributed by atoms with Crippen LogP contribution in [-0.4, -0.2) is 41.9 Å². The predicted molar refractivity (Wildman–Crippen MR) is 72.3 cm³/mol. The van der Waals surface area contributed by atoms with Gasteiger partial charge in [-0.05, 0) is 14.1 Å². The molecule has 0 spiro atoms. The first-order valence-corrected chi connectivity index (χ1v) is 6.32. The Kier molecular flexibility index (Phi) is 3.04. The number of nitrogens with zero attached hydrogens (tertiary/aromatic N) is 3. The average Bonchev–Trinajstić information content (AvgIpc) is 2.96. The molecule has 0 aliphatic carbocycles. The molecular weight excluding hydrogens is 244 g/mol. The minimum absolute atomic E-state index is 0.281. The number of imidazole rings is 1. The summed E-state index contributed by atoms with van der Waals surface area (Å²) < 4.78 is 13.0. The second-order valence-electron chi connectivity index (χ2n) is 4.88. The first-order valence-electron chi connectivity index (χ1n) is 6.32. The van der Waals surface area contributed by atoms with Gasteiger partial charge in [0.15, 0.2) is 11.5 Å². The molecule has 0 saturated heterocycles. The molecule has 0 atom stereocenters. The summed E-state index contributed by atoms with van der Waals surface area (Å²) in [5.74, 6) is 2.43. The van der Waals surface area contributed by atoms with Gasteiger partial charge in [0.2, 0.25) is 6.79 Å². The molecule has 1 aromatic carbocycles. The van der Waals surface area contributed by atoms with Crippen LogP contribution < -0.4 is 15.2 Å². The van der Waals surface area contributed by atoms with Gasteiger partial charge in [0.05, 0.1) is 17.6 Å². The fourth-order valence-corrected chi connectivity index (χ4v) is 2.27. The lowest BCUT2D eigenvalue weighted by Crippen LogP contribution is -2.20. The highest BCUT2D eigenvalue weighted by Crippen LogP contribution is 2.36. The van der Waals surface area contributed by atoms with Gasteiger partial charge >= 0.3 is 0 Å². The Bertz CT molecular complexity index is 606. The van der Waals surface area contributed by atoms with E-state index >= 15 is 0 Å². The van der Waals surface area contributed by atoms with Gasteiger partial charge in [-0.2, -0.15) is 0 Å². The molecule has 2 N–H and O–H groups in total. The van der Waals surface area contributed by atoms with Gasteiger partial charge in [0.25, 0.3) is 0 Å². The Morgan fingerprint density at radius 3 is 2.74 bits per heavy atom. The van der Waals surface area contributed by atoms with Crippen molar-refractivity contribution in [2.75, 3.05) is 27.4 Å². The smallest absolute Gasteiger partial charge is 0.231 e. The third-order valence-electron chi connectivity index (χ3n) is 3.28. The second kappa shape index (κ2) is 4.71. The number of ether oxygens (including phenoxy) is 2. The van der Waals surface area contributed by atoms with Crippen LogP contribution in [0.5, 0.6) is 11.5 Å². The van der Waals surface area contributed by atoms with Crippen molar-refractivity contribution in [3.05, 3.63) is 18.0 Å². The number of rotatable bonds is 4. The molecule has 6 heteroatoms. The van der Waals surface area contributed by atoms with Crippen molar-refractivity contribution in [3.8, 4) is 11.5 Å². The summed E-state index contributed by atoms with van der Waals surface area (Å²) in [7, 11) is 4.10. The molecular formula is C13H18N4O2. The minimum atomic E-state index is 0.281.